The second-order valence-electron chi connectivity index (χ2n) is 4.55. The minimum Gasteiger partial charge on any atom is -0.481 e. The molecule has 0 unspecified atom stereocenters. The number of carbonyl (C=O) groups is 1. The molecule has 1 aliphatic rings. The van der Waals surface area contributed by atoms with Gasteiger partial charge in [-0.1, -0.05) is 30.3 Å². The van der Waals surface area contributed by atoms with Crippen molar-refractivity contribution in [1.82, 2.24) is 0 Å². The van der Waals surface area contributed by atoms with Crippen LogP contribution in [0.5, 0.6) is 0 Å². The van der Waals surface area contributed by atoms with Gasteiger partial charge in [0.25, 0.3) is 0 Å². The molecule has 0 bridgehead atoms. The average Bonchev–Trinajstić information content (AvgIpc) is 2.99. The molecule has 3 nitrogen and oxygen atoms in total. The lowest BCUT2D eigenvalue weighted by molar-refractivity contribution is -0.139. The molecule has 86 valence electrons. The first kappa shape index (κ1) is 11.1. The van der Waals surface area contributed by atoms with Crippen LogP contribution in [0.25, 0.3) is 0 Å². The Morgan fingerprint density at radius 1 is 1.31 bits per heavy atom. The molecule has 1 saturated carbocycles. The maximum absolute atomic E-state index is 10.6. The highest BCUT2D eigenvalue weighted by molar-refractivity contribution is 5.68. The first-order valence-electron chi connectivity index (χ1n) is 5.54. The summed E-state index contributed by atoms with van der Waals surface area (Å²) in [7, 11) is 0. The van der Waals surface area contributed by atoms with Crippen molar-refractivity contribution < 1.29 is 14.6 Å². The monoisotopic (exact) mass is 220 g/mol. The van der Waals surface area contributed by atoms with Gasteiger partial charge in [0.2, 0.25) is 0 Å². The van der Waals surface area contributed by atoms with Crippen LogP contribution in [0.3, 0.4) is 0 Å². The van der Waals surface area contributed by atoms with Crippen molar-refractivity contribution in [3.63, 3.8) is 0 Å². The minimum absolute atomic E-state index is 0.0688. The van der Waals surface area contributed by atoms with E-state index in [0.29, 0.717) is 13.2 Å². The summed E-state index contributed by atoms with van der Waals surface area (Å²) in [5.41, 5.74) is 1.06. The van der Waals surface area contributed by atoms with Gasteiger partial charge in [-0.25, -0.2) is 0 Å². The molecule has 0 amide bonds. The van der Waals surface area contributed by atoms with Gasteiger partial charge in [0.05, 0.1) is 19.6 Å². The van der Waals surface area contributed by atoms with Crippen molar-refractivity contribution in [3.8, 4) is 0 Å². The molecule has 0 heterocycles. The van der Waals surface area contributed by atoms with Gasteiger partial charge < -0.3 is 9.84 Å². The average molecular weight is 220 g/mol. The highest BCUT2D eigenvalue weighted by atomic mass is 16.5. The van der Waals surface area contributed by atoms with Crippen LogP contribution in [0.15, 0.2) is 30.3 Å². The third kappa shape index (κ3) is 3.07. The molecule has 1 aliphatic carbocycles. The van der Waals surface area contributed by atoms with Gasteiger partial charge in [0.15, 0.2) is 0 Å². The summed E-state index contributed by atoms with van der Waals surface area (Å²) in [6.07, 6.45) is 2.20. The van der Waals surface area contributed by atoms with Gasteiger partial charge in [-0.15, -0.1) is 0 Å². The van der Waals surface area contributed by atoms with Crippen LogP contribution in [-0.2, 0) is 16.1 Å². The quantitative estimate of drug-likeness (QED) is 0.801. The first-order chi connectivity index (χ1) is 7.70. The third-order valence-corrected chi connectivity index (χ3v) is 3.00. The van der Waals surface area contributed by atoms with Crippen molar-refractivity contribution in [2.24, 2.45) is 5.41 Å². The Kier molecular flexibility index (Phi) is 3.25. The second kappa shape index (κ2) is 4.66. The number of carboxylic acid groups (broad SMARTS) is 1. The lowest BCUT2D eigenvalue weighted by atomic mass is 10.0. The fraction of sp³-hybridized carbons (Fsp3) is 0.462. The van der Waals surface area contributed by atoms with Crippen LogP contribution in [0, 0.1) is 5.41 Å². The van der Waals surface area contributed by atoms with Crippen LogP contribution < -0.4 is 0 Å². The molecule has 1 fully saturated rings. The highest BCUT2D eigenvalue weighted by Gasteiger charge is 2.44. The smallest absolute Gasteiger partial charge is 0.303 e. The zero-order chi connectivity index (χ0) is 11.4. The van der Waals surface area contributed by atoms with Crippen molar-refractivity contribution in [3.05, 3.63) is 35.9 Å². The molecule has 3 heteroatoms. The molecule has 1 N–H and O–H groups in total. The summed E-state index contributed by atoms with van der Waals surface area (Å²) in [6.45, 7) is 1.14. The van der Waals surface area contributed by atoms with E-state index in [2.05, 4.69) is 0 Å². The van der Waals surface area contributed by atoms with E-state index in [-0.39, 0.29) is 11.8 Å². The van der Waals surface area contributed by atoms with E-state index in [1.54, 1.807) is 0 Å². The molecule has 1 aromatic carbocycles. The molecular weight excluding hydrogens is 204 g/mol. The van der Waals surface area contributed by atoms with Gasteiger partial charge in [0, 0.05) is 5.41 Å². The summed E-state index contributed by atoms with van der Waals surface area (Å²) >= 11 is 0. The number of hydrogen-bond donors (Lipinski definition) is 1. The summed E-state index contributed by atoms with van der Waals surface area (Å²) in [6, 6.07) is 9.94. The Morgan fingerprint density at radius 3 is 2.56 bits per heavy atom. The summed E-state index contributed by atoms with van der Waals surface area (Å²) in [5.74, 6) is -0.721. The predicted molar refractivity (Wildman–Crippen MR) is 60.0 cm³/mol. The van der Waals surface area contributed by atoms with Crippen LogP contribution in [0.1, 0.15) is 24.8 Å². The van der Waals surface area contributed by atoms with E-state index in [4.69, 9.17) is 9.84 Å². The topological polar surface area (TPSA) is 46.5 Å². The zero-order valence-corrected chi connectivity index (χ0v) is 9.19. The number of benzene rings is 1. The second-order valence-corrected chi connectivity index (χ2v) is 4.55. The van der Waals surface area contributed by atoms with E-state index < -0.39 is 5.97 Å². The van der Waals surface area contributed by atoms with Crippen molar-refractivity contribution in [2.45, 2.75) is 25.9 Å². The van der Waals surface area contributed by atoms with Crippen LogP contribution in [0.2, 0.25) is 0 Å². The Bertz CT molecular complexity index is 355. The first-order valence-corrected chi connectivity index (χ1v) is 5.54. The maximum Gasteiger partial charge on any atom is 0.303 e. The molecule has 0 saturated heterocycles. The summed E-state index contributed by atoms with van der Waals surface area (Å²) in [4.78, 5) is 10.6. The molecule has 0 aromatic heterocycles. The number of ether oxygens (including phenoxy) is 1. The lowest BCUT2D eigenvalue weighted by Gasteiger charge is -2.12. The van der Waals surface area contributed by atoms with Crippen LogP contribution >= 0.6 is 0 Å². The maximum atomic E-state index is 10.6. The Morgan fingerprint density at radius 2 is 2.00 bits per heavy atom. The minimum atomic E-state index is -0.721. The van der Waals surface area contributed by atoms with Crippen molar-refractivity contribution in [1.29, 1.82) is 0 Å². The highest BCUT2D eigenvalue weighted by Crippen LogP contribution is 2.49. The molecule has 0 atom stereocenters. The SMILES string of the molecule is O=C(O)CC1(COCc2ccccc2)CC1. The number of hydrogen-bond acceptors (Lipinski definition) is 2. The number of carboxylic acids is 1. The lowest BCUT2D eigenvalue weighted by Crippen LogP contribution is -2.15. The van der Waals surface area contributed by atoms with Gasteiger partial charge in [-0.2, -0.15) is 0 Å². The van der Waals surface area contributed by atoms with E-state index in [1.165, 1.54) is 0 Å². The zero-order valence-electron chi connectivity index (χ0n) is 9.19. The molecule has 0 aliphatic heterocycles. The number of rotatable bonds is 6. The Labute approximate surface area is 95.0 Å². The molecule has 0 spiro atoms. The van der Waals surface area contributed by atoms with Gasteiger partial charge in [-0.05, 0) is 18.4 Å². The van der Waals surface area contributed by atoms with E-state index >= 15 is 0 Å². The molecule has 16 heavy (non-hydrogen) atoms. The summed E-state index contributed by atoms with van der Waals surface area (Å²) < 4.78 is 5.58. The van der Waals surface area contributed by atoms with Crippen molar-refractivity contribution >= 4 is 5.97 Å². The normalized spacial score (nSPS) is 17.0. The molecule has 0 radical (unpaired) electrons. The van der Waals surface area contributed by atoms with Crippen LogP contribution in [-0.4, -0.2) is 17.7 Å². The van der Waals surface area contributed by atoms with Gasteiger partial charge in [-0.3, -0.25) is 4.79 Å². The molecule has 1 aromatic rings. The third-order valence-electron chi connectivity index (χ3n) is 3.00. The Balaban J connectivity index is 1.74. The van der Waals surface area contributed by atoms with E-state index in [1.807, 2.05) is 30.3 Å². The largest absolute Gasteiger partial charge is 0.481 e. The number of aliphatic carboxylic acids is 1. The predicted octanol–water partition coefficient (Wildman–Crippen LogP) is 2.46. The van der Waals surface area contributed by atoms with E-state index in [0.717, 1.165) is 18.4 Å². The van der Waals surface area contributed by atoms with Crippen LogP contribution in [0.4, 0.5) is 0 Å². The fourth-order valence-corrected chi connectivity index (χ4v) is 1.83. The molecular formula is C13H16O3. The van der Waals surface area contributed by atoms with E-state index in [9.17, 15) is 4.79 Å². The summed E-state index contributed by atoms with van der Waals surface area (Å²) in [5, 5.41) is 8.75. The molecule has 2 rings (SSSR count). The van der Waals surface area contributed by atoms with Gasteiger partial charge >= 0.3 is 5.97 Å². The van der Waals surface area contributed by atoms with Gasteiger partial charge in [0.1, 0.15) is 0 Å². The Hall–Kier alpha value is -1.35. The standard InChI is InChI=1S/C13H16O3/c14-12(15)8-13(6-7-13)10-16-9-11-4-2-1-3-5-11/h1-5H,6-10H2,(H,14,15). The fourth-order valence-electron chi connectivity index (χ4n) is 1.83. The van der Waals surface area contributed by atoms with Crippen molar-refractivity contribution in [2.75, 3.05) is 6.61 Å².